The zero-order valence-electron chi connectivity index (χ0n) is 11.7. The van der Waals surface area contributed by atoms with Gasteiger partial charge in [0.2, 0.25) is 0 Å². The van der Waals surface area contributed by atoms with E-state index in [0.29, 0.717) is 5.56 Å². The molecule has 0 unspecified atom stereocenters. The molecular formula is C18H13BrN2O. The molecule has 1 N–H and O–H groups in total. The number of carbonyl (C=O) groups excluding carboxylic acids is 1. The lowest BCUT2D eigenvalue weighted by atomic mass is 10.1. The molecule has 0 atom stereocenters. The fraction of sp³-hybridized carbons (Fsp3) is 0. The fourth-order valence-corrected chi connectivity index (χ4v) is 2.48. The van der Waals surface area contributed by atoms with Gasteiger partial charge in [0.1, 0.15) is 0 Å². The van der Waals surface area contributed by atoms with Crippen LogP contribution in [0.2, 0.25) is 0 Å². The number of carbonyl (C=O) groups is 1. The molecule has 0 saturated heterocycles. The second-order valence-electron chi connectivity index (χ2n) is 4.79. The molecule has 1 amide bonds. The average Bonchev–Trinajstić information content (AvgIpc) is 2.56. The summed E-state index contributed by atoms with van der Waals surface area (Å²) >= 11 is 3.31. The maximum absolute atomic E-state index is 12.1. The Morgan fingerprint density at radius 3 is 2.27 bits per heavy atom. The van der Waals surface area contributed by atoms with Crippen LogP contribution in [-0.2, 0) is 0 Å². The zero-order chi connectivity index (χ0) is 15.4. The molecule has 1 heterocycles. The minimum atomic E-state index is -0.179. The lowest BCUT2D eigenvalue weighted by Crippen LogP contribution is -2.12. The number of nitrogens with one attached hydrogen (secondary N) is 1. The number of amides is 1. The molecule has 3 nitrogen and oxygen atoms in total. The third-order valence-electron chi connectivity index (χ3n) is 3.22. The summed E-state index contributed by atoms with van der Waals surface area (Å²) in [6.07, 6.45) is 3.18. The second kappa shape index (κ2) is 6.54. The van der Waals surface area contributed by atoms with Crippen molar-refractivity contribution in [2.45, 2.75) is 0 Å². The topological polar surface area (TPSA) is 42.0 Å². The molecule has 2 aromatic carbocycles. The van der Waals surface area contributed by atoms with E-state index < -0.39 is 0 Å². The molecule has 0 aliphatic carbocycles. The molecule has 3 aromatic rings. The number of halogens is 1. The Bertz CT molecular complexity index is 786. The van der Waals surface area contributed by atoms with E-state index in [9.17, 15) is 4.79 Å². The Morgan fingerprint density at radius 2 is 1.59 bits per heavy atom. The van der Waals surface area contributed by atoms with Crippen LogP contribution in [0.1, 0.15) is 10.4 Å². The fourth-order valence-electron chi connectivity index (χ4n) is 2.12. The summed E-state index contributed by atoms with van der Waals surface area (Å²) in [5, 5.41) is 2.86. The van der Waals surface area contributed by atoms with Crippen molar-refractivity contribution in [2.24, 2.45) is 0 Å². The molecule has 108 valence electrons. The van der Waals surface area contributed by atoms with Crippen LogP contribution in [-0.4, -0.2) is 10.9 Å². The van der Waals surface area contributed by atoms with Gasteiger partial charge in [-0.3, -0.25) is 9.78 Å². The Hall–Kier alpha value is -2.46. The number of benzene rings is 2. The third kappa shape index (κ3) is 3.40. The summed E-state index contributed by atoms with van der Waals surface area (Å²) in [6, 6.07) is 19.6. The van der Waals surface area contributed by atoms with Crippen molar-refractivity contribution in [2.75, 3.05) is 5.32 Å². The molecular weight excluding hydrogens is 340 g/mol. The van der Waals surface area contributed by atoms with Crippen molar-refractivity contribution in [1.29, 1.82) is 0 Å². The number of anilines is 1. The molecule has 4 heteroatoms. The van der Waals surface area contributed by atoms with Gasteiger partial charge in [-0.15, -0.1) is 0 Å². The van der Waals surface area contributed by atoms with E-state index in [-0.39, 0.29) is 5.91 Å². The molecule has 0 bridgehead atoms. The van der Waals surface area contributed by atoms with E-state index >= 15 is 0 Å². The van der Waals surface area contributed by atoms with Gasteiger partial charge in [-0.25, -0.2) is 0 Å². The molecule has 0 aliphatic heterocycles. The largest absolute Gasteiger partial charge is 0.322 e. The van der Waals surface area contributed by atoms with Crippen molar-refractivity contribution in [3.8, 4) is 11.1 Å². The lowest BCUT2D eigenvalue weighted by molar-refractivity contribution is 0.102. The first-order valence-corrected chi connectivity index (χ1v) is 7.59. The van der Waals surface area contributed by atoms with Crippen LogP contribution < -0.4 is 5.32 Å². The van der Waals surface area contributed by atoms with Gasteiger partial charge < -0.3 is 5.32 Å². The Kier molecular flexibility index (Phi) is 4.30. The van der Waals surface area contributed by atoms with E-state index in [4.69, 9.17) is 0 Å². The second-order valence-corrected chi connectivity index (χ2v) is 5.71. The third-order valence-corrected chi connectivity index (χ3v) is 3.65. The summed E-state index contributed by atoms with van der Waals surface area (Å²) < 4.78 is 0.777. The number of nitrogens with zero attached hydrogens (tertiary/aromatic N) is 1. The SMILES string of the molecule is O=C(Nc1ccc(-c2ccccc2)cc1)c1cncc(Br)c1. The molecule has 0 spiro atoms. The Labute approximate surface area is 137 Å². The maximum atomic E-state index is 12.1. The molecule has 22 heavy (non-hydrogen) atoms. The predicted octanol–water partition coefficient (Wildman–Crippen LogP) is 4.76. The molecule has 0 saturated carbocycles. The van der Waals surface area contributed by atoms with E-state index in [0.717, 1.165) is 21.3 Å². The van der Waals surface area contributed by atoms with Crippen molar-refractivity contribution in [1.82, 2.24) is 4.98 Å². The summed E-state index contributed by atoms with van der Waals surface area (Å²) in [5.41, 5.74) is 3.53. The minimum absolute atomic E-state index is 0.179. The summed E-state index contributed by atoms with van der Waals surface area (Å²) in [6.45, 7) is 0. The molecule has 1 aromatic heterocycles. The quantitative estimate of drug-likeness (QED) is 0.737. The van der Waals surface area contributed by atoms with Crippen LogP contribution in [0.5, 0.6) is 0 Å². The van der Waals surface area contributed by atoms with Crippen LogP contribution in [0, 0.1) is 0 Å². The van der Waals surface area contributed by atoms with Gasteiger partial charge in [0.25, 0.3) is 5.91 Å². The number of rotatable bonds is 3. The summed E-state index contributed by atoms with van der Waals surface area (Å²) in [5.74, 6) is -0.179. The first-order valence-electron chi connectivity index (χ1n) is 6.80. The normalized spacial score (nSPS) is 10.2. The number of aromatic nitrogens is 1. The summed E-state index contributed by atoms with van der Waals surface area (Å²) in [7, 11) is 0. The monoisotopic (exact) mass is 352 g/mol. The van der Waals surface area contributed by atoms with Gasteiger partial charge in [-0.2, -0.15) is 0 Å². The Morgan fingerprint density at radius 1 is 0.909 bits per heavy atom. The van der Waals surface area contributed by atoms with Gasteiger partial charge in [0.05, 0.1) is 5.56 Å². The van der Waals surface area contributed by atoms with Gasteiger partial charge in [-0.1, -0.05) is 42.5 Å². The van der Waals surface area contributed by atoms with E-state index in [2.05, 4.69) is 38.4 Å². The number of pyridine rings is 1. The molecule has 0 fully saturated rings. The highest BCUT2D eigenvalue weighted by Gasteiger charge is 2.07. The van der Waals surface area contributed by atoms with E-state index in [1.54, 1.807) is 18.5 Å². The van der Waals surface area contributed by atoms with Crippen LogP contribution in [0.15, 0.2) is 77.5 Å². The first kappa shape index (κ1) is 14.5. The number of hydrogen-bond donors (Lipinski definition) is 1. The van der Waals surface area contributed by atoms with Gasteiger partial charge in [0, 0.05) is 22.6 Å². The molecule has 0 aliphatic rings. The van der Waals surface area contributed by atoms with Crippen LogP contribution in [0.3, 0.4) is 0 Å². The van der Waals surface area contributed by atoms with E-state index in [1.807, 2.05) is 42.5 Å². The van der Waals surface area contributed by atoms with Crippen LogP contribution in [0.4, 0.5) is 5.69 Å². The minimum Gasteiger partial charge on any atom is -0.322 e. The lowest BCUT2D eigenvalue weighted by Gasteiger charge is -2.07. The van der Waals surface area contributed by atoms with Crippen LogP contribution >= 0.6 is 15.9 Å². The van der Waals surface area contributed by atoms with Crippen molar-refractivity contribution >= 4 is 27.5 Å². The standard InChI is InChI=1S/C18H13BrN2O/c19-16-10-15(11-20-12-16)18(22)21-17-8-6-14(7-9-17)13-4-2-1-3-5-13/h1-12H,(H,21,22). The first-order chi connectivity index (χ1) is 10.7. The highest BCUT2D eigenvalue weighted by molar-refractivity contribution is 9.10. The predicted molar refractivity (Wildman–Crippen MR) is 91.8 cm³/mol. The summed E-state index contributed by atoms with van der Waals surface area (Å²) in [4.78, 5) is 16.1. The molecule has 3 rings (SSSR count). The highest BCUT2D eigenvalue weighted by Crippen LogP contribution is 2.21. The van der Waals surface area contributed by atoms with Gasteiger partial charge in [0.15, 0.2) is 0 Å². The average molecular weight is 353 g/mol. The van der Waals surface area contributed by atoms with Gasteiger partial charge >= 0.3 is 0 Å². The molecule has 0 radical (unpaired) electrons. The van der Waals surface area contributed by atoms with Crippen molar-refractivity contribution < 1.29 is 4.79 Å². The van der Waals surface area contributed by atoms with Crippen molar-refractivity contribution in [3.63, 3.8) is 0 Å². The van der Waals surface area contributed by atoms with E-state index in [1.165, 1.54) is 0 Å². The van der Waals surface area contributed by atoms with Crippen LogP contribution in [0.25, 0.3) is 11.1 Å². The zero-order valence-corrected chi connectivity index (χ0v) is 13.2. The smallest absolute Gasteiger partial charge is 0.257 e. The number of hydrogen-bond acceptors (Lipinski definition) is 2. The van der Waals surface area contributed by atoms with Gasteiger partial charge in [-0.05, 0) is 45.3 Å². The van der Waals surface area contributed by atoms with Crippen molar-refractivity contribution in [3.05, 3.63) is 83.1 Å². The Balaban J connectivity index is 1.75. The highest BCUT2D eigenvalue weighted by atomic mass is 79.9. The maximum Gasteiger partial charge on any atom is 0.257 e.